The molecule has 1 aliphatic heterocycles. The van der Waals surface area contributed by atoms with Gasteiger partial charge < -0.3 is 9.80 Å². The second-order valence-corrected chi connectivity index (χ2v) is 7.86. The molecule has 2 heterocycles. The van der Waals surface area contributed by atoms with Gasteiger partial charge in [0.15, 0.2) is 0 Å². The van der Waals surface area contributed by atoms with E-state index in [4.69, 9.17) is 11.6 Å². The Morgan fingerprint density at radius 3 is 2.38 bits per heavy atom. The van der Waals surface area contributed by atoms with E-state index in [0.29, 0.717) is 32.1 Å². The lowest BCUT2D eigenvalue weighted by Crippen LogP contribution is -2.49. The number of nitro benzene ring substituents is 1. The number of carbonyl (C=O) groups is 1. The first-order chi connectivity index (χ1) is 13.7. The van der Waals surface area contributed by atoms with Gasteiger partial charge in [0.05, 0.1) is 15.5 Å². The average Bonchev–Trinajstić information content (AvgIpc) is 2.66. The molecule has 0 radical (unpaired) electrons. The number of benzene rings is 1. The minimum absolute atomic E-state index is 0.0933. The van der Waals surface area contributed by atoms with Gasteiger partial charge in [-0.15, -0.1) is 0 Å². The standard InChI is InChI=1S/C20H24ClN5O3/c1-12(2)18-13(3)22-14(4)23-19(18)24-7-9-25(10-8-24)20(27)16-6-5-15(26(28)29)11-17(16)21/h5-6,11-12H,7-10H2,1-4H3. The smallest absolute Gasteiger partial charge is 0.270 e. The van der Waals surface area contributed by atoms with Crippen LogP contribution < -0.4 is 4.90 Å². The lowest BCUT2D eigenvalue weighted by atomic mass is 10.0. The van der Waals surface area contributed by atoms with Crippen LogP contribution in [0.5, 0.6) is 0 Å². The predicted octanol–water partition coefficient (Wildman–Crippen LogP) is 3.74. The molecule has 0 N–H and O–H groups in total. The second-order valence-electron chi connectivity index (χ2n) is 7.45. The summed E-state index contributed by atoms with van der Waals surface area (Å²) in [4.78, 5) is 36.3. The molecule has 8 nitrogen and oxygen atoms in total. The highest BCUT2D eigenvalue weighted by Gasteiger charge is 2.27. The number of anilines is 1. The van der Waals surface area contributed by atoms with Crippen molar-refractivity contribution >= 4 is 29.0 Å². The quantitative estimate of drug-likeness (QED) is 0.555. The molecule has 1 aromatic heterocycles. The summed E-state index contributed by atoms with van der Waals surface area (Å²) in [7, 11) is 0. The largest absolute Gasteiger partial charge is 0.353 e. The zero-order chi connectivity index (χ0) is 21.3. The first kappa shape index (κ1) is 21.0. The van der Waals surface area contributed by atoms with Crippen molar-refractivity contribution in [2.24, 2.45) is 0 Å². The molecule has 9 heteroatoms. The number of hydrogen-bond acceptors (Lipinski definition) is 6. The van der Waals surface area contributed by atoms with Crippen molar-refractivity contribution in [2.45, 2.75) is 33.6 Å². The van der Waals surface area contributed by atoms with Gasteiger partial charge in [0.1, 0.15) is 11.6 Å². The number of rotatable bonds is 4. The zero-order valence-electron chi connectivity index (χ0n) is 17.0. The molecule has 1 aliphatic rings. The van der Waals surface area contributed by atoms with E-state index in [1.165, 1.54) is 18.2 Å². The van der Waals surface area contributed by atoms with Crippen LogP contribution in [-0.4, -0.2) is 51.9 Å². The third kappa shape index (κ3) is 4.32. The van der Waals surface area contributed by atoms with E-state index in [-0.39, 0.29) is 22.2 Å². The van der Waals surface area contributed by atoms with Crippen molar-refractivity contribution in [1.82, 2.24) is 14.9 Å². The Kier molecular flexibility index (Phi) is 6.02. The number of aromatic nitrogens is 2. The van der Waals surface area contributed by atoms with E-state index in [9.17, 15) is 14.9 Å². The molecule has 3 rings (SSSR count). The van der Waals surface area contributed by atoms with Gasteiger partial charge in [0.25, 0.3) is 11.6 Å². The molecule has 29 heavy (non-hydrogen) atoms. The lowest BCUT2D eigenvalue weighted by Gasteiger charge is -2.37. The third-order valence-electron chi connectivity index (χ3n) is 5.07. The number of non-ortho nitro benzene ring substituents is 1. The number of aryl methyl sites for hydroxylation is 2. The number of amides is 1. The first-order valence-corrected chi connectivity index (χ1v) is 9.90. The number of hydrogen-bond donors (Lipinski definition) is 0. The topological polar surface area (TPSA) is 92.5 Å². The molecule has 0 spiro atoms. The molecular formula is C20H24ClN5O3. The minimum atomic E-state index is -0.531. The summed E-state index contributed by atoms with van der Waals surface area (Å²) in [5.74, 6) is 1.75. The molecule has 0 saturated carbocycles. The SMILES string of the molecule is Cc1nc(C)c(C(C)C)c(N2CCN(C(=O)c3ccc([N+](=O)[O-])cc3Cl)CC2)n1. The van der Waals surface area contributed by atoms with Crippen molar-refractivity contribution in [2.75, 3.05) is 31.1 Å². The highest BCUT2D eigenvalue weighted by Crippen LogP contribution is 2.29. The maximum Gasteiger partial charge on any atom is 0.270 e. The molecule has 0 atom stereocenters. The normalized spacial score (nSPS) is 14.4. The Hall–Kier alpha value is -2.74. The van der Waals surface area contributed by atoms with Crippen LogP contribution in [0.2, 0.25) is 5.02 Å². The number of carbonyl (C=O) groups excluding carboxylic acids is 1. The number of halogens is 1. The van der Waals surface area contributed by atoms with Crippen LogP contribution in [0.3, 0.4) is 0 Å². The van der Waals surface area contributed by atoms with E-state index in [0.717, 1.165) is 22.9 Å². The van der Waals surface area contributed by atoms with Gasteiger partial charge in [-0.1, -0.05) is 25.4 Å². The van der Waals surface area contributed by atoms with Gasteiger partial charge in [0.2, 0.25) is 0 Å². The molecule has 1 aromatic carbocycles. The van der Waals surface area contributed by atoms with Crippen LogP contribution in [0.1, 0.15) is 47.2 Å². The van der Waals surface area contributed by atoms with E-state index in [2.05, 4.69) is 28.7 Å². The number of nitrogens with zero attached hydrogens (tertiary/aromatic N) is 5. The van der Waals surface area contributed by atoms with E-state index >= 15 is 0 Å². The molecule has 1 saturated heterocycles. The van der Waals surface area contributed by atoms with Gasteiger partial charge >= 0.3 is 0 Å². The molecular weight excluding hydrogens is 394 g/mol. The fourth-order valence-electron chi connectivity index (χ4n) is 3.70. The molecule has 1 amide bonds. The molecule has 0 aliphatic carbocycles. The highest BCUT2D eigenvalue weighted by molar-refractivity contribution is 6.34. The first-order valence-electron chi connectivity index (χ1n) is 9.52. The lowest BCUT2D eigenvalue weighted by molar-refractivity contribution is -0.384. The third-order valence-corrected chi connectivity index (χ3v) is 5.38. The second kappa shape index (κ2) is 8.32. The summed E-state index contributed by atoms with van der Waals surface area (Å²) < 4.78 is 0. The van der Waals surface area contributed by atoms with Gasteiger partial charge in [-0.05, 0) is 25.8 Å². The molecule has 0 bridgehead atoms. The molecule has 154 valence electrons. The Balaban J connectivity index is 1.76. The van der Waals surface area contributed by atoms with E-state index in [1.807, 2.05) is 13.8 Å². The summed E-state index contributed by atoms with van der Waals surface area (Å²) in [6, 6.07) is 3.94. The Morgan fingerprint density at radius 1 is 1.17 bits per heavy atom. The molecule has 2 aromatic rings. The minimum Gasteiger partial charge on any atom is -0.353 e. The van der Waals surface area contributed by atoms with E-state index in [1.54, 1.807) is 4.90 Å². The van der Waals surface area contributed by atoms with Crippen molar-refractivity contribution in [3.63, 3.8) is 0 Å². The Bertz CT molecular complexity index is 955. The summed E-state index contributed by atoms with van der Waals surface area (Å²) in [5.41, 5.74) is 2.27. The number of piperazine rings is 1. The number of nitro groups is 1. The van der Waals surface area contributed by atoms with Gasteiger partial charge in [-0.2, -0.15) is 0 Å². The summed E-state index contributed by atoms with van der Waals surface area (Å²) in [5, 5.41) is 11.0. The predicted molar refractivity (Wildman–Crippen MR) is 112 cm³/mol. The fourth-order valence-corrected chi connectivity index (χ4v) is 3.96. The summed E-state index contributed by atoms with van der Waals surface area (Å²) in [6.45, 7) is 10.5. The van der Waals surface area contributed by atoms with Crippen LogP contribution in [0.15, 0.2) is 18.2 Å². The van der Waals surface area contributed by atoms with Crippen molar-refractivity contribution < 1.29 is 9.72 Å². The Labute approximate surface area is 174 Å². The van der Waals surface area contributed by atoms with Crippen LogP contribution >= 0.6 is 11.6 Å². The Morgan fingerprint density at radius 2 is 1.83 bits per heavy atom. The van der Waals surface area contributed by atoms with Crippen molar-refractivity contribution in [3.8, 4) is 0 Å². The van der Waals surface area contributed by atoms with Crippen LogP contribution in [0.4, 0.5) is 11.5 Å². The summed E-state index contributed by atoms with van der Waals surface area (Å²) in [6.07, 6.45) is 0. The van der Waals surface area contributed by atoms with Gasteiger partial charge in [-0.25, -0.2) is 9.97 Å². The fraction of sp³-hybridized carbons (Fsp3) is 0.450. The average molecular weight is 418 g/mol. The van der Waals surface area contributed by atoms with Gasteiger partial charge in [-0.3, -0.25) is 14.9 Å². The van der Waals surface area contributed by atoms with Crippen LogP contribution in [0.25, 0.3) is 0 Å². The monoisotopic (exact) mass is 417 g/mol. The van der Waals surface area contributed by atoms with E-state index < -0.39 is 4.92 Å². The van der Waals surface area contributed by atoms with Gasteiger partial charge in [0, 0.05) is 49.6 Å². The van der Waals surface area contributed by atoms with Crippen LogP contribution in [-0.2, 0) is 0 Å². The zero-order valence-corrected chi connectivity index (χ0v) is 17.7. The summed E-state index contributed by atoms with van der Waals surface area (Å²) >= 11 is 6.12. The maximum atomic E-state index is 12.9. The van der Waals surface area contributed by atoms with Crippen LogP contribution in [0, 0.1) is 24.0 Å². The molecule has 1 fully saturated rings. The maximum absolute atomic E-state index is 12.9. The molecule has 0 unspecified atom stereocenters. The van der Waals surface area contributed by atoms with Crippen molar-refractivity contribution in [1.29, 1.82) is 0 Å². The van der Waals surface area contributed by atoms with Crippen molar-refractivity contribution in [3.05, 3.63) is 56.0 Å². The highest BCUT2D eigenvalue weighted by atomic mass is 35.5.